The number of hydrogen-bond acceptors (Lipinski definition) is 2. The molecule has 2 aromatic carbocycles. The Labute approximate surface area is 112 Å². The Morgan fingerprint density at radius 1 is 0.842 bits per heavy atom. The van der Waals surface area contributed by atoms with Crippen LogP contribution in [0.5, 0.6) is 0 Å². The van der Waals surface area contributed by atoms with Crippen molar-refractivity contribution in [1.29, 1.82) is 0 Å². The highest BCUT2D eigenvalue weighted by Crippen LogP contribution is 2.21. The quantitative estimate of drug-likeness (QED) is 0.769. The number of aryl methyl sites for hydroxylation is 2. The molecule has 0 amide bonds. The summed E-state index contributed by atoms with van der Waals surface area (Å²) in [5.74, 6) is 0.599. The molecule has 0 bridgehead atoms. The molecule has 2 nitrogen and oxygen atoms in total. The number of nitrogen functional groups attached to an aromatic ring is 1. The molecule has 1 aromatic heterocycles. The monoisotopic (exact) mass is 248 g/mol. The van der Waals surface area contributed by atoms with Crippen molar-refractivity contribution in [2.24, 2.45) is 0 Å². The summed E-state index contributed by atoms with van der Waals surface area (Å²) in [4.78, 5) is 4.37. The van der Waals surface area contributed by atoms with E-state index in [0.717, 1.165) is 18.4 Å². The Bertz CT molecular complexity index is 690. The SMILES string of the molecule is Nc1cc(CCc2ccccc2)c2ccccc2n1. The summed E-state index contributed by atoms with van der Waals surface area (Å²) < 4.78 is 0. The molecular weight excluding hydrogens is 232 g/mol. The summed E-state index contributed by atoms with van der Waals surface area (Å²) in [6, 6.07) is 20.7. The zero-order valence-electron chi connectivity index (χ0n) is 10.7. The van der Waals surface area contributed by atoms with Crippen LogP contribution in [0.15, 0.2) is 60.7 Å². The smallest absolute Gasteiger partial charge is 0.124 e. The molecule has 0 aliphatic carbocycles. The Balaban J connectivity index is 1.92. The van der Waals surface area contributed by atoms with Gasteiger partial charge in [0.1, 0.15) is 5.82 Å². The van der Waals surface area contributed by atoms with Gasteiger partial charge in [-0.25, -0.2) is 4.98 Å². The third kappa shape index (κ3) is 2.58. The van der Waals surface area contributed by atoms with Crippen molar-refractivity contribution in [3.63, 3.8) is 0 Å². The molecule has 3 aromatic rings. The summed E-state index contributed by atoms with van der Waals surface area (Å²) in [6.45, 7) is 0. The third-order valence-corrected chi connectivity index (χ3v) is 3.35. The number of anilines is 1. The fraction of sp³-hybridized carbons (Fsp3) is 0.118. The van der Waals surface area contributed by atoms with Gasteiger partial charge in [-0.1, -0.05) is 48.5 Å². The maximum absolute atomic E-state index is 5.88. The van der Waals surface area contributed by atoms with Crippen LogP contribution in [0.2, 0.25) is 0 Å². The highest BCUT2D eigenvalue weighted by molar-refractivity contribution is 5.83. The zero-order valence-corrected chi connectivity index (χ0v) is 10.7. The van der Waals surface area contributed by atoms with Gasteiger partial charge >= 0.3 is 0 Å². The van der Waals surface area contributed by atoms with Crippen molar-refractivity contribution in [1.82, 2.24) is 4.98 Å². The summed E-state index contributed by atoms with van der Waals surface area (Å²) in [7, 11) is 0. The van der Waals surface area contributed by atoms with E-state index in [2.05, 4.69) is 35.3 Å². The van der Waals surface area contributed by atoms with Crippen LogP contribution in [0.3, 0.4) is 0 Å². The molecule has 0 fully saturated rings. The van der Waals surface area contributed by atoms with E-state index in [9.17, 15) is 0 Å². The Hall–Kier alpha value is -2.35. The summed E-state index contributed by atoms with van der Waals surface area (Å²) in [5.41, 5.74) is 9.48. The van der Waals surface area contributed by atoms with Gasteiger partial charge in [-0.2, -0.15) is 0 Å². The molecule has 0 atom stereocenters. The van der Waals surface area contributed by atoms with Crippen LogP contribution in [0.25, 0.3) is 10.9 Å². The lowest BCUT2D eigenvalue weighted by atomic mass is 10.0. The average Bonchev–Trinajstić information content (AvgIpc) is 2.45. The molecule has 0 unspecified atom stereocenters. The summed E-state index contributed by atoms with van der Waals surface area (Å²) in [6.07, 6.45) is 2.01. The van der Waals surface area contributed by atoms with Crippen LogP contribution < -0.4 is 5.73 Å². The first-order valence-corrected chi connectivity index (χ1v) is 6.51. The molecule has 0 aliphatic heterocycles. The lowest BCUT2D eigenvalue weighted by Crippen LogP contribution is -1.97. The van der Waals surface area contributed by atoms with E-state index in [0.29, 0.717) is 5.82 Å². The Morgan fingerprint density at radius 3 is 2.42 bits per heavy atom. The van der Waals surface area contributed by atoms with Crippen LogP contribution in [-0.2, 0) is 12.8 Å². The Morgan fingerprint density at radius 2 is 1.58 bits per heavy atom. The van der Waals surface area contributed by atoms with E-state index >= 15 is 0 Å². The molecule has 3 rings (SSSR count). The van der Waals surface area contributed by atoms with E-state index in [4.69, 9.17) is 5.73 Å². The van der Waals surface area contributed by atoms with Crippen molar-refractivity contribution in [2.75, 3.05) is 5.73 Å². The van der Waals surface area contributed by atoms with Gasteiger partial charge in [0, 0.05) is 5.39 Å². The number of para-hydroxylation sites is 1. The summed E-state index contributed by atoms with van der Waals surface area (Å²) in [5, 5.41) is 1.20. The number of aromatic nitrogens is 1. The van der Waals surface area contributed by atoms with Crippen molar-refractivity contribution in [3.05, 3.63) is 71.8 Å². The molecule has 0 radical (unpaired) electrons. The number of pyridine rings is 1. The number of fused-ring (bicyclic) bond motifs is 1. The minimum atomic E-state index is 0.599. The average molecular weight is 248 g/mol. The van der Waals surface area contributed by atoms with E-state index in [1.165, 1.54) is 16.5 Å². The standard InChI is InChI=1S/C17H16N2/c18-17-12-14(11-10-13-6-2-1-3-7-13)15-8-4-5-9-16(15)19-17/h1-9,12H,10-11H2,(H2,18,19). The number of rotatable bonds is 3. The zero-order chi connectivity index (χ0) is 13.1. The van der Waals surface area contributed by atoms with Crippen molar-refractivity contribution in [3.8, 4) is 0 Å². The lowest BCUT2D eigenvalue weighted by Gasteiger charge is -2.07. The van der Waals surface area contributed by atoms with Gasteiger partial charge in [0.15, 0.2) is 0 Å². The highest BCUT2D eigenvalue weighted by atomic mass is 14.8. The molecule has 0 aliphatic rings. The molecule has 2 heteroatoms. The van der Waals surface area contributed by atoms with E-state index in [1.54, 1.807) is 0 Å². The number of benzene rings is 2. The van der Waals surface area contributed by atoms with Gasteiger partial charge in [0.05, 0.1) is 5.52 Å². The maximum Gasteiger partial charge on any atom is 0.124 e. The van der Waals surface area contributed by atoms with Crippen LogP contribution in [0.4, 0.5) is 5.82 Å². The van der Waals surface area contributed by atoms with Crippen molar-refractivity contribution in [2.45, 2.75) is 12.8 Å². The summed E-state index contributed by atoms with van der Waals surface area (Å²) >= 11 is 0. The molecule has 94 valence electrons. The topological polar surface area (TPSA) is 38.9 Å². The second-order valence-electron chi connectivity index (χ2n) is 4.71. The highest BCUT2D eigenvalue weighted by Gasteiger charge is 2.04. The molecule has 19 heavy (non-hydrogen) atoms. The minimum absolute atomic E-state index is 0.599. The molecule has 2 N–H and O–H groups in total. The lowest BCUT2D eigenvalue weighted by molar-refractivity contribution is 0.967. The first-order chi connectivity index (χ1) is 9.33. The van der Waals surface area contributed by atoms with E-state index in [1.807, 2.05) is 30.3 Å². The largest absolute Gasteiger partial charge is 0.384 e. The number of nitrogens with two attached hydrogens (primary N) is 1. The molecule has 0 saturated heterocycles. The first kappa shape index (κ1) is 11.7. The normalized spacial score (nSPS) is 10.7. The van der Waals surface area contributed by atoms with Crippen LogP contribution in [-0.4, -0.2) is 4.98 Å². The Kier molecular flexibility index (Phi) is 3.15. The predicted molar refractivity (Wildman–Crippen MR) is 80.0 cm³/mol. The second-order valence-corrected chi connectivity index (χ2v) is 4.71. The number of hydrogen-bond donors (Lipinski definition) is 1. The van der Waals surface area contributed by atoms with E-state index in [-0.39, 0.29) is 0 Å². The number of nitrogens with zero attached hydrogens (tertiary/aromatic N) is 1. The molecule has 0 saturated carbocycles. The third-order valence-electron chi connectivity index (χ3n) is 3.35. The maximum atomic E-state index is 5.88. The van der Waals surface area contributed by atoms with Crippen LogP contribution in [0, 0.1) is 0 Å². The van der Waals surface area contributed by atoms with E-state index < -0.39 is 0 Å². The molecule has 0 spiro atoms. The van der Waals surface area contributed by atoms with Gasteiger partial charge in [-0.05, 0) is 36.1 Å². The fourth-order valence-electron chi connectivity index (χ4n) is 2.40. The molecule has 1 heterocycles. The fourth-order valence-corrected chi connectivity index (χ4v) is 2.40. The first-order valence-electron chi connectivity index (χ1n) is 6.51. The van der Waals surface area contributed by atoms with Gasteiger partial charge in [-0.15, -0.1) is 0 Å². The van der Waals surface area contributed by atoms with Gasteiger partial charge < -0.3 is 5.73 Å². The van der Waals surface area contributed by atoms with Crippen LogP contribution in [0.1, 0.15) is 11.1 Å². The molecular formula is C17H16N2. The second kappa shape index (κ2) is 5.11. The predicted octanol–water partition coefficient (Wildman–Crippen LogP) is 3.60. The van der Waals surface area contributed by atoms with Gasteiger partial charge in [0.2, 0.25) is 0 Å². The minimum Gasteiger partial charge on any atom is -0.384 e. The van der Waals surface area contributed by atoms with Crippen LogP contribution >= 0.6 is 0 Å². The van der Waals surface area contributed by atoms with Crippen molar-refractivity contribution >= 4 is 16.7 Å². The van der Waals surface area contributed by atoms with Crippen molar-refractivity contribution < 1.29 is 0 Å². The van der Waals surface area contributed by atoms with Gasteiger partial charge in [-0.3, -0.25) is 0 Å². The van der Waals surface area contributed by atoms with Gasteiger partial charge in [0.25, 0.3) is 0 Å².